The van der Waals surface area contributed by atoms with Gasteiger partial charge in [0.2, 0.25) is 10.0 Å². The van der Waals surface area contributed by atoms with Crippen LogP contribution in [-0.2, 0) is 10.0 Å². The van der Waals surface area contributed by atoms with E-state index in [1.54, 1.807) is 19.1 Å². The first-order chi connectivity index (χ1) is 11.4. The smallest absolute Gasteiger partial charge is 0.242 e. The molecule has 124 valence electrons. The minimum absolute atomic E-state index is 0.439. The summed E-state index contributed by atoms with van der Waals surface area (Å²) in [6.07, 6.45) is 6.11. The van der Waals surface area contributed by atoms with Crippen LogP contribution < -0.4 is 4.72 Å². The van der Waals surface area contributed by atoms with Gasteiger partial charge in [-0.25, -0.2) is 8.42 Å². The van der Waals surface area contributed by atoms with Gasteiger partial charge in [-0.15, -0.1) is 0 Å². The van der Waals surface area contributed by atoms with Gasteiger partial charge in [0.25, 0.3) is 0 Å². The van der Waals surface area contributed by atoms with Crippen LogP contribution in [0.15, 0.2) is 72.8 Å². The molecule has 1 N–H and O–H groups in total. The van der Waals surface area contributed by atoms with E-state index < -0.39 is 14.8 Å². The predicted molar refractivity (Wildman–Crippen MR) is 100 cm³/mol. The Morgan fingerprint density at radius 1 is 1.04 bits per heavy atom. The van der Waals surface area contributed by atoms with Gasteiger partial charge in [-0.2, -0.15) is 0 Å². The molecule has 1 aliphatic rings. The Labute approximate surface area is 143 Å². The average molecular weight is 339 g/mol. The van der Waals surface area contributed by atoms with Crippen molar-refractivity contribution in [1.82, 2.24) is 0 Å². The van der Waals surface area contributed by atoms with Crippen molar-refractivity contribution in [2.24, 2.45) is 0 Å². The zero-order valence-corrected chi connectivity index (χ0v) is 14.7. The van der Waals surface area contributed by atoms with Crippen LogP contribution in [0.2, 0.25) is 0 Å². The number of aryl methyl sites for hydroxylation is 1. The summed E-state index contributed by atoms with van der Waals surface area (Å²) in [5.74, 6) is 0. The minimum atomic E-state index is -3.54. The van der Waals surface area contributed by atoms with E-state index in [1.165, 1.54) is 0 Å². The van der Waals surface area contributed by atoms with Crippen molar-refractivity contribution in [2.75, 3.05) is 4.72 Å². The van der Waals surface area contributed by atoms with Crippen molar-refractivity contribution < 1.29 is 8.42 Å². The molecular weight excluding hydrogens is 318 g/mol. The molecule has 0 saturated carbocycles. The van der Waals surface area contributed by atoms with E-state index >= 15 is 0 Å². The van der Waals surface area contributed by atoms with Crippen LogP contribution in [0.1, 0.15) is 24.5 Å². The molecular formula is C20H21NO2S. The minimum Gasteiger partial charge on any atom is -0.283 e. The van der Waals surface area contributed by atoms with E-state index in [2.05, 4.69) is 4.72 Å². The first-order valence-electron chi connectivity index (χ1n) is 7.93. The molecule has 0 spiro atoms. The highest BCUT2D eigenvalue weighted by molar-refractivity contribution is 7.94. The number of hydrogen-bond donors (Lipinski definition) is 1. The van der Waals surface area contributed by atoms with Crippen LogP contribution in [0, 0.1) is 6.92 Å². The number of benzene rings is 2. The fourth-order valence-electron chi connectivity index (χ4n) is 2.74. The van der Waals surface area contributed by atoms with Crippen molar-refractivity contribution in [1.29, 1.82) is 0 Å². The summed E-state index contributed by atoms with van der Waals surface area (Å²) >= 11 is 0. The van der Waals surface area contributed by atoms with Crippen LogP contribution in [0.25, 0.3) is 5.57 Å². The van der Waals surface area contributed by atoms with Crippen molar-refractivity contribution in [2.45, 2.75) is 25.0 Å². The summed E-state index contributed by atoms with van der Waals surface area (Å²) in [6.45, 7) is 3.69. The van der Waals surface area contributed by atoms with Gasteiger partial charge in [-0.3, -0.25) is 4.72 Å². The van der Waals surface area contributed by atoms with Crippen LogP contribution in [-0.4, -0.2) is 13.2 Å². The maximum absolute atomic E-state index is 12.8. The standard InChI is InChI=1S/C20H21NO2S/c1-16-7-6-10-19(15-16)21-24(22,23)20(2)13-11-18(12-14-20)17-8-4-3-5-9-17/h3-13,15,21H,14H2,1-2H3. The largest absolute Gasteiger partial charge is 0.283 e. The lowest BCUT2D eigenvalue weighted by atomic mass is 9.94. The zero-order valence-electron chi connectivity index (χ0n) is 13.9. The molecule has 0 bridgehead atoms. The first-order valence-corrected chi connectivity index (χ1v) is 9.42. The number of hydrogen-bond acceptors (Lipinski definition) is 2. The fourth-order valence-corrected chi connectivity index (χ4v) is 3.96. The highest BCUT2D eigenvalue weighted by Gasteiger charge is 2.37. The molecule has 4 heteroatoms. The highest BCUT2D eigenvalue weighted by atomic mass is 32.2. The molecule has 0 aliphatic heterocycles. The van der Waals surface area contributed by atoms with Crippen LogP contribution in [0.4, 0.5) is 5.69 Å². The molecule has 24 heavy (non-hydrogen) atoms. The Kier molecular flexibility index (Phi) is 4.33. The van der Waals surface area contributed by atoms with Gasteiger partial charge in [0.15, 0.2) is 0 Å². The van der Waals surface area contributed by atoms with Crippen molar-refractivity contribution in [3.05, 3.63) is 84.0 Å². The molecule has 0 radical (unpaired) electrons. The zero-order chi connectivity index (χ0) is 17.2. The van der Waals surface area contributed by atoms with E-state index in [4.69, 9.17) is 0 Å². The van der Waals surface area contributed by atoms with Gasteiger partial charge in [0.1, 0.15) is 4.75 Å². The normalized spacial score (nSPS) is 20.5. The number of nitrogens with one attached hydrogen (secondary N) is 1. The third kappa shape index (κ3) is 3.29. The van der Waals surface area contributed by atoms with Gasteiger partial charge >= 0.3 is 0 Å². The molecule has 2 aromatic rings. The van der Waals surface area contributed by atoms with Crippen LogP contribution in [0.3, 0.4) is 0 Å². The molecule has 3 nitrogen and oxygen atoms in total. The summed E-state index contributed by atoms with van der Waals surface area (Å²) in [6, 6.07) is 17.4. The number of allylic oxidation sites excluding steroid dienone is 3. The summed E-state index contributed by atoms with van der Waals surface area (Å²) in [5.41, 5.74) is 3.77. The van der Waals surface area contributed by atoms with E-state index in [9.17, 15) is 8.42 Å². The lowest BCUT2D eigenvalue weighted by Gasteiger charge is -2.28. The molecule has 1 aliphatic carbocycles. The summed E-state index contributed by atoms with van der Waals surface area (Å²) in [5, 5.41) is 0. The van der Waals surface area contributed by atoms with Gasteiger partial charge < -0.3 is 0 Å². The maximum Gasteiger partial charge on any atom is 0.242 e. The van der Waals surface area contributed by atoms with Gasteiger partial charge in [0.05, 0.1) is 0 Å². The number of rotatable bonds is 4. The Balaban J connectivity index is 1.82. The van der Waals surface area contributed by atoms with Gasteiger partial charge in [0, 0.05) is 5.69 Å². The first kappa shape index (κ1) is 16.5. The van der Waals surface area contributed by atoms with E-state index in [0.29, 0.717) is 12.1 Å². The Bertz CT molecular complexity index is 898. The van der Waals surface area contributed by atoms with Gasteiger partial charge in [-0.05, 0) is 49.1 Å². The predicted octanol–water partition coefficient (Wildman–Crippen LogP) is 4.54. The van der Waals surface area contributed by atoms with Crippen molar-refractivity contribution >= 4 is 21.3 Å². The second kappa shape index (κ2) is 6.29. The quantitative estimate of drug-likeness (QED) is 0.889. The van der Waals surface area contributed by atoms with Crippen molar-refractivity contribution in [3.8, 4) is 0 Å². The van der Waals surface area contributed by atoms with Crippen molar-refractivity contribution in [3.63, 3.8) is 0 Å². The lowest BCUT2D eigenvalue weighted by Crippen LogP contribution is -2.38. The number of sulfonamides is 1. The van der Waals surface area contributed by atoms with E-state index in [0.717, 1.165) is 16.7 Å². The van der Waals surface area contributed by atoms with Crippen LogP contribution in [0.5, 0.6) is 0 Å². The monoisotopic (exact) mass is 339 g/mol. The molecule has 0 heterocycles. The molecule has 0 saturated heterocycles. The summed E-state index contributed by atoms with van der Waals surface area (Å²) < 4.78 is 27.4. The Morgan fingerprint density at radius 3 is 2.42 bits per heavy atom. The van der Waals surface area contributed by atoms with Crippen LogP contribution >= 0.6 is 0 Å². The highest BCUT2D eigenvalue weighted by Crippen LogP contribution is 2.33. The molecule has 3 rings (SSSR count). The lowest BCUT2D eigenvalue weighted by molar-refractivity contribution is 0.568. The van der Waals surface area contributed by atoms with E-state index in [-0.39, 0.29) is 0 Å². The molecule has 0 fully saturated rings. The Hall–Kier alpha value is -2.33. The Morgan fingerprint density at radius 2 is 1.79 bits per heavy atom. The van der Waals surface area contributed by atoms with E-state index in [1.807, 2.05) is 67.6 Å². The topological polar surface area (TPSA) is 46.2 Å². The third-order valence-electron chi connectivity index (χ3n) is 4.33. The maximum atomic E-state index is 12.8. The van der Waals surface area contributed by atoms with Gasteiger partial charge in [-0.1, -0.05) is 60.7 Å². The molecule has 2 aromatic carbocycles. The average Bonchev–Trinajstić information content (AvgIpc) is 2.56. The molecule has 0 amide bonds. The molecule has 1 atom stereocenters. The molecule has 1 unspecified atom stereocenters. The summed E-state index contributed by atoms with van der Waals surface area (Å²) in [7, 11) is -3.54. The third-order valence-corrected chi connectivity index (χ3v) is 6.37. The SMILES string of the molecule is Cc1cccc(NS(=O)(=O)C2(C)C=CC(c3ccccc3)=CC2)c1. The summed E-state index contributed by atoms with van der Waals surface area (Å²) in [4.78, 5) is 0. The second-order valence-corrected chi connectivity index (χ2v) is 8.49. The second-order valence-electron chi connectivity index (χ2n) is 6.35. The molecule has 0 aromatic heterocycles. The number of anilines is 1. The fraction of sp³-hybridized carbons (Fsp3) is 0.200.